The van der Waals surface area contributed by atoms with Crippen LogP contribution in [0.1, 0.15) is 33.3 Å². The summed E-state index contributed by atoms with van der Waals surface area (Å²) >= 11 is 0. The minimum absolute atomic E-state index is 0.119. The van der Waals surface area contributed by atoms with Crippen LogP contribution in [0.25, 0.3) is 0 Å². The monoisotopic (exact) mass is 506 g/mol. The summed E-state index contributed by atoms with van der Waals surface area (Å²) in [7, 11) is 1.54. The van der Waals surface area contributed by atoms with E-state index in [-0.39, 0.29) is 11.3 Å². The second-order valence-electron chi connectivity index (χ2n) is 10.9. The van der Waals surface area contributed by atoms with Crippen molar-refractivity contribution in [1.29, 1.82) is 0 Å². The van der Waals surface area contributed by atoms with Gasteiger partial charge in [0.25, 0.3) is 5.91 Å². The van der Waals surface area contributed by atoms with E-state index >= 15 is 0 Å². The number of fused-ring (bicyclic) bond motifs is 1. The largest absolute Gasteiger partial charge is 0.496 e. The number of carbonyl (C=O) groups is 2. The van der Waals surface area contributed by atoms with Crippen LogP contribution in [-0.2, 0) is 24.5 Å². The maximum atomic E-state index is 13.4. The number of methoxy groups -OCH3 is 1. The Hall–Kier alpha value is -3.16. The quantitative estimate of drug-likeness (QED) is 0.526. The molecule has 1 fully saturated rings. The van der Waals surface area contributed by atoms with Crippen LogP contribution in [-0.4, -0.2) is 63.2 Å². The molecule has 7 heteroatoms. The second kappa shape index (κ2) is 11.1. The predicted molar refractivity (Wildman–Crippen MR) is 145 cm³/mol. The number of carbonyl (C=O) groups excluding carboxylic acids is 2. The van der Waals surface area contributed by atoms with Crippen LogP contribution in [0.5, 0.6) is 5.75 Å². The van der Waals surface area contributed by atoms with Crippen LogP contribution in [0.3, 0.4) is 0 Å². The van der Waals surface area contributed by atoms with Gasteiger partial charge in [-0.15, -0.1) is 0 Å². The highest BCUT2D eigenvalue weighted by molar-refractivity contribution is 6.46. The Kier molecular flexibility index (Phi) is 8.05. The summed E-state index contributed by atoms with van der Waals surface area (Å²) < 4.78 is 17.1. The van der Waals surface area contributed by atoms with Gasteiger partial charge in [-0.1, -0.05) is 57.2 Å². The Balaban J connectivity index is 1.52. The number of morpholine rings is 1. The van der Waals surface area contributed by atoms with E-state index in [0.717, 1.165) is 44.2 Å². The van der Waals surface area contributed by atoms with Gasteiger partial charge in [-0.2, -0.15) is 0 Å². The molecule has 1 N–H and O–H groups in total. The zero-order chi connectivity index (χ0) is 26.6. The van der Waals surface area contributed by atoms with Gasteiger partial charge in [0.2, 0.25) is 5.78 Å². The van der Waals surface area contributed by atoms with Gasteiger partial charge in [-0.25, -0.2) is 0 Å². The SMILES string of the molecule is COc1ccc(C(C)(C)C)cc1NC(=O)C(=O)C1=CC=C(OCCN2CCOCC2)C2(C)C=CC=CC12. The van der Waals surface area contributed by atoms with E-state index in [9.17, 15) is 9.59 Å². The third-order valence-electron chi connectivity index (χ3n) is 7.33. The summed E-state index contributed by atoms with van der Waals surface area (Å²) in [5, 5.41) is 2.80. The summed E-state index contributed by atoms with van der Waals surface area (Å²) in [6.45, 7) is 13.0. The summed E-state index contributed by atoms with van der Waals surface area (Å²) in [6.07, 6.45) is 11.5. The number of nitrogens with one attached hydrogen (secondary N) is 1. The highest BCUT2D eigenvalue weighted by Crippen LogP contribution is 2.47. The first kappa shape index (κ1) is 26.9. The third-order valence-corrected chi connectivity index (χ3v) is 7.33. The Labute approximate surface area is 219 Å². The molecule has 3 aliphatic rings. The highest BCUT2D eigenvalue weighted by Gasteiger charge is 2.44. The zero-order valence-corrected chi connectivity index (χ0v) is 22.5. The normalized spacial score (nSPS) is 23.5. The summed E-state index contributed by atoms with van der Waals surface area (Å²) in [5.41, 5.74) is 1.28. The smallest absolute Gasteiger partial charge is 0.296 e. The Morgan fingerprint density at radius 2 is 1.92 bits per heavy atom. The number of rotatable bonds is 8. The molecule has 2 unspecified atom stereocenters. The van der Waals surface area contributed by atoms with Crippen molar-refractivity contribution in [3.63, 3.8) is 0 Å². The van der Waals surface area contributed by atoms with Crippen LogP contribution >= 0.6 is 0 Å². The number of ether oxygens (including phenoxy) is 3. The van der Waals surface area contributed by atoms with Crippen molar-refractivity contribution in [2.24, 2.45) is 11.3 Å². The minimum Gasteiger partial charge on any atom is -0.496 e. The molecular weight excluding hydrogens is 468 g/mol. The number of anilines is 1. The fourth-order valence-corrected chi connectivity index (χ4v) is 4.96. The molecule has 0 spiro atoms. The first-order valence-electron chi connectivity index (χ1n) is 12.9. The van der Waals surface area contributed by atoms with Crippen molar-refractivity contribution in [1.82, 2.24) is 4.90 Å². The molecular formula is C30H38N2O5. The number of benzene rings is 1. The van der Waals surface area contributed by atoms with Gasteiger partial charge >= 0.3 is 0 Å². The molecule has 0 saturated carbocycles. The number of ketones is 1. The topological polar surface area (TPSA) is 77.1 Å². The van der Waals surface area contributed by atoms with Gasteiger partial charge in [0.05, 0.1) is 31.4 Å². The lowest BCUT2D eigenvalue weighted by Gasteiger charge is -2.40. The van der Waals surface area contributed by atoms with E-state index < -0.39 is 17.1 Å². The maximum Gasteiger partial charge on any atom is 0.296 e. The molecule has 0 aromatic heterocycles. The molecule has 4 rings (SSSR count). The van der Waals surface area contributed by atoms with Gasteiger partial charge < -0.3 is 19.5 Å². The standard InChI is InChI=1S/C30H38N2O5/c1-29(2,3)21-9-11-25(35-5)24(20-21)31-28(34)27(33)22-10-12-26(30(4)13-7-6-8-23(22)30)37-19-16-32-14-17-36-18-15-32/h6-13,20,23H,14-19H2,1-5H3,(H,31,34). The van der Waals surface area contributed by atoms with Crippen LogP contribution < -0.4 is 10.1 Å². The molecule has 2 atom stereocenters. The molecule has 1 aromatic carbocycles. The van der Waals surface area contributed by atoms with Gasteiger partial charge in [0, 0.05) is 31.1 Å². The van der Waals surface area contributed by atoms with Crippen molar-refractivity contribution in [3.8, 4) is 5.75 Å². The average molecular weight is 507 g/mol. The molecule has 2 aliphatic carbocycles. The average Bonchev–Trinajstić information content (AvgIpc) is 2.88. The zero-order valence-electron chi connectivity index (χ0n) is 22.5. The highest BCUT2D eigenvalue weighted by atomic mass is 16.5. The van der Waals surface area contributed by atoms with Crippen LogP contribution in [0.4, 0.5) is 5.69 Å². The number of nitrogens with zero attached hydrogens (tertiary/aromatic N) is 1. The molecule has 1 amide bonds. The van der Waals surface area contributed by atoms with Crippen molar-refractivity contribution in [3.05, 3.63) is 71.6 Å². The van der Waals surface area contributed by atoms with E-state index in [1.54, 1.807) is 13.2 Å². The third kappa shape index (κ3) is 5.89. The minimum atomic E-state index is -0.689. The van der Waals surface area contributed by atoms with Crippen LogP contribution in [0.2, 0.25) is 0 Å². The van der Waals surface area contributed by atoms with Gasteiger partial charge in [-0.05, 0) is 36.1 Å². The van der Waals surface area contributed by atoms with Gasteiger partial charge in [0.15, 0.2) is 0 Å². The number of allylic oxidation sites excluding steroid dienone is 6. The predicted octanol–water partition coefficient (Wildman–Crippen LogP) is 4.42. The van der Waals surface area contributed by atoms with Gasteiger partial charge in [-0.3, -0.25) is 14.5 Å². The number of hydrogen-bond donors (Lipinski definition) is 1. The Bertz CT molecular complexity index is 1150. The Morgan fingerprint density at radius 1 is 1.16 bits per heavy atom. The molecule has 37 heavy (non-hydrogen) atoms. The van der Waals surface area contributed by atoms with E-state index in [1.165, 1.54) is 0 Å². The first-order valence-corrected chi connectivity index (χ1v) is 12.9. The lowest BCUT2D eigenvalue weighted by atomic mass is 9.66. The fourth-order valence-electron chi connectivity index (χ4n) is 4.96. The molecule has 1 aliphatic heterocycles. The van der Waals surface area contributed by atoms with Crippen LogP contribution in [0.15, 0.2) is 66.0 Å². The number of Topliss-reactive ketones (excluding diaryl/α,β-unsaturated/α-hetero) is 1. The summed E-state index contributed by atoms with van der Waals surface area (Å²) in [6, 6.07) is 5.65. The maximum absolute atomic E-state index is 13.4. The summed E-state index contributed by atoms with van der Waals surface area (Å²) in [5.74, 6) is -0.258. The van der Waals surface area contributed by atoms with Crippen molar-refractivity contribution < 1.29 is 23.8 Å². The van der Waals surface area contributed by atoms with E-state index in [0.29, 0.717) is 23.6 Å². The van der Waals surface area contributed by atoms with E-state index in [1.807, 2.05) is 55.5 Å². The van der Waals surface area contributed by atoms with Crippen molar-refractivity contribution in [2.75, 3.05) is 51.9 Å². The van der Waals surface area contributed by atoms with Gasteiger partial charge in [0.1, 0.15) is 18.1 Å². The van der Waals surface area contributed by atoms with Crippen molar-refractivity contribution >= 4 is 17.4 Å². The van der Waals surface area contributed by atoms with Crippen LogP contribution in [0, 0.1) is 11.3 Å². The lowest BCUT2D eigenvalue weighted by Crippen LogP contribution is -2.40. The lowest BCUT2D eigenvalue weighted by molar-refractivity contribution is -0.133. The number of amides is 1. The second-order valence-corrected chi connectivity index (χ2v) is 10.9. The van der Waals surface area contributed by atoms with Crippen molar-refractivity contribution in [2.45, 2.75) is 33.1 Å². The van der Waals surface area contributed by atoms with E-state index in [2.05, 4.69) is 31.0 Å². The number of hydrogen-bond acceptors (Lipinski definition) is 6. The molecule has 0 bridgehead atoms. The molecule has 1 aromatic rings. The Morgan fingerprint density at radius 3 is 2.62 bits per heavy atom. The fraction of sp³-hybridized carbons (Fsp3) is 0.467. The molecule has 1 heterocycles. The molecule has 198 valence electrons. The van der Waals surface area contributed by atoms with E-state index in [4.69, 9.17) is 14.2 Å². The molecule has 7 nitrogen and oxygen atoms in total. The molecule has 0 radical (unpaired) electrons. The summed E-state index contributed by atoms with van der Waals surface area (Å²) in [4.78, 5) is 28.9. The first-order chi connectivity index (χ1) is 17.6. The molecule has 1 saturated heterocycles.